The van der Waals surface area contributed by atoms with Crippen molar-refractivity contribution in [3.05, 3.63) is 28.5 Å². The summed E-state index contributed by atoms with van der Waals surface area (Å²) in [4.78, 5) is 4.00. The van der Waals surface area contributed by atoms with Gasteiger partial charge in [-0.25, -0.2) is 9.07 Å². The van der Waals surface area contributed by atoms with Gasteiger partial charge in [-0.3, -0.25) is 0 Å². The van der Waals surface area contributed by atoms with Crippen LogP contribution in [0.3, 0.4) is 0 Å². The molecule has 1 aromatic carbocycles. The van der Waals surface area contributed by atoms with E-state index in [1.54, 1.807) is 13.1 Å². The van der Waals surface area contributed by atoms with Crippen LogP contribution in [-0.4, -0.2) is 14.8 Å². The zero-order valence-corrected chi connectivity index (χ0v) is 9.49. The van der Waals surface area contributed by atoms with E-state index in [2.05, 4.69) is 26.0 Å². The smallest absolute Gasteiger partial charge is 0.218 e. The van der Waals surface area contributed by atoms with Crippen molar-refractivity contribution in [3.8, 4) is 11.4 Å². The monoisotopic (exact) mass is 270 g/mol. The van der Waals surface area contributed by atoms with Crippen LogP contribution >= 0.6 is 15.9 Å². The topological polar surface area (TPSA) is 56.7 Å². The Morgan fingerprint density at radius 1 is 1.40 bits per heavy atom. The summed E-state index contributed by atoms with van der Waals surface area (Å²) in [7, 11) is 1.68. The Bertz CT molecular complexity index is 469. The molecule has 0 saturated heterocycles. The number of hydrogen-bond donors (Lipinski definition) is 1. The van der Waals surface area contributed by atoms with E-state index in [-0.39, 0.29) is 5.82 Å². The quantitative estimate of drug-likeness (QED) is 0.862. The van der Waals surface area contributed by atoms with Crippen molar-refractivity contribution in [1.29, 1.82) is 0 Å². The number of nitrogens with zero attached hydrogens (tertiary/aromatic N) is 3. The first-order valence-corrected chi connectivity index (χ1v) is 4.98. The minimum absolute atomic E-state index is 0.297. The molecule has 0 atom stereocenters. The first-order chi connectivity index (χ1) is 7.06. The molecule has 0 spiro atoms. The van der Waals surface area contributed by atoms with Crippen LogP contribution in [0.25, 0.3) is 11.4 Å². The first kappa shape index (κ1) is 10.1. The molecule has 78 valence electrons. The highest BCUT2D eigenvalue weighted by Gasteiger charge is 2.08. The molecule has 0 fully saturated rings. The molecule has 0 radical (unpaired) electrons. The standard InChI is InChI=1S/C9H8BrFN4/c1-15-9(12)13-8(14-15)5-2-6(10)4-7(11)3-5/h2-4H,1H3,(H2,12,13,14). The summed E-state index contributed by atoms with van der Waals surface area (Å²) < 4.78 is 15.2. The van der Waals surface area contributed by atoms with E-state index in [9.17, 15) is 4.39 Å². The molecule has 2 rings (SSSR count). The van der Waals surface area contributed by atoms with Crippen LogP contribution in [0.15, 0.2) is 22.7 Å². The van der Waals surface area contributed by atoms with Crippen LogP contribution in [0.4, 0.5) is 10.3 Å². The number of anilines is 1. The molecule has 2 aromatic rings. The molecule has 15 heavy (non-hydrogen) atoms. The zero-order chi connectivity index (χ0) is 11.0. The van der Waals surface area contributed by atoms with Gasteiger partial charge in [-0.1, -0.05) is 15.9 Å². The highest BCUT2D eigenvalue weighted by atomic mass is 79.9. The fourth-order valence-corrected chi connectivity index (χ4v) is 1.67. The van der Waals surface area contributed by atoms with Crippen molar-refractivity contribution in [2.45, 2.75) is 0 Å². The predicted molar refractivity (Wildman–Crippen MR) is 58.5 cm³/mol. The van der Waals surface area contributed by atoms with Gasteiger partial charge in [0, 0.05) is 17.1 Å². The highest BCUT2D eigenvalue weighted by Crippen LogP contribution is 2.22. The predicted octanol–water partition coefficient (Wildman–Crippen LogP) is 1.97. The SMILES string of the molecule is Cn1nc(-c2cc(F)cc(Br)c2)nc1N. The van der Waals surface area contributed by atoms with Crippen LogP contribution in [0, 0.1) is 5.82 Å². The molecule has 0 amide bonds. The second-order valence-corrected chi connectivity index (χ2v) is 3.99. The highest BCUT2D eigenvalue weighted by molar-refractivity contribution is 9.10. The van der Waals surface area contributed by atoms with Crippen LogP contribution < -0.4 is 5.73 Å². The van der Waals surface area contributed by atoms with Gasteiger partial charge >= 0.3 is 0 Å². The van der Waals surface area contributed by atoms with Gasteiger partial charge < -0.3 is 5.73 Å². The van der Waals surface area contributed by atoms with Crippen molar-refractivity contribution in [2.75, 3.05) is 5.73 Å². The van der Waals surface area contributed by atoms with Gasteiger partial charge in [0.1, 0.15) is 5.82 Å². The summed E-state index contributed by atoms with van der Waals surface area (Å²) in [5.41, 5.74) is 6.13. The van der Waals surface area contributed by atoms with E-state index in [4.69, 9.17) is 5.73 Å². The lowest BCUT2D eigenvalue weighted by atomic mass is 10.2. The number of nitrogens with two attached hydrogens (primary N) is 1. The van der Waals surface area contributed by atoms with Gasteiger partial charge in [0.15, 0.2) is 5.82 Å². The summed E-state index contributed by atoms with van der Waals surface area (Å²) in [6, 6.07) is 4.47. The molecule has 0 aliphatic rings. The van der Waals surface area contributed by atoms with E-state index in [1.165, 1.54) is 16.8 Å². The number of rotatable bonds is 1. The second kappa shape index (κ2) is 3.62. The van der Waals surface area contributed by atoms with Crippen LogP contribution in [0.1, 0.15) is 0 Å². The van der Waals surface area contributed by atoms with Crippen LogP contribution in [-0.2, 0) is 7.05 Å². The largest absolute Gasteiger partial charge is 0.368 e. The van der Waals surface area contributed by atoms with Crippen LogP contribution in [0.2, 0.25) is 0 Å². The lowest BCUT2D eigenvalue weighted by Crippen LogP contribution is -1.97. The molecular formula is C9H8BrFN4. The molecule has 1 heterocycles. The fourth-order valence-electron chi connectivity index (χ4n) is 1.20. The lowest BCUT2D eigenvalue weighted by Gasteiger charge is -1.97. The van der Waals surface area contributed by atoms with Gasteiger partial charge in [0.25, 0.3) is 0 Å². The van der Waals surface area contributed by atoms with E-state index < -0.39 is 0 Å². The summed E-state index contributed by atoms with van der Waals surface area (Å²) >= 11 is 3.20. The number of aromatic nitrogens is 3. The number of halogens is 2. The molecule has 0 aliphatic carbocycles. The molecule has 6 heteroatoms. The molecule has 2 N–H and O–H groups in total. The summed E-state index contributed by atoms with van der Waals surface area (Å²) in [5.74, 6) is 0.367. The second-order valence-electron chi connectivity index (χ2n) is 3.08. The zero-order valence-electron chi connectivity index (χ0n) is 7.91. The summed E-state index contributed by atoms with van der Waals surface area (Å²) in [6.07, 6.45) is 0. The van der Waals surface area contributed by atoms with Gasteiger partial charge in [0.05, 0.1) is 0 Å². The molecule has 4 nitrogen and oxygen atoms in total. The Morgan fingerprint density at radius 3 is 2.67 bits per heavy atom. The summed E-state index contributed by atoms with van der Waals surface area (Å²) in [6.45, 7) is 0. The Balaban J connectivity index is 2.53. The number of hydrogen-bond acceptors (Lipinski definition) is 3. The van der Waals surface area contributed by atoms with Gasteiger partial charge in [0.2, 0.25) is 5.95 Å². The van der Waals surface area contributed by atoms with Gasteiger partial charge in [-0.2, -0.15) is 4.98 Å². The maximum atomic E-state index is 13.1. The molecular weight excluding hydrogens is 263 g/mol. The maximum Gasteiger partial charge on any atom is 0.218 e. The Kier molecular flexibility index (Phi) is 2.44. The van der Waals surface area contributed by atoms with Crippen LogP contribution in [0.5, 0.6) is 0 Å². The van der Waals surface area contributed by atoms with Gasteiger partial charge in [-0.15, -0.1) is 5.10 Å². The number of nitrogen functional groups attached to an aromatic ring is 1. The van der Waals surface area contributed by atoms with Crippen molar-refractivity contribution < 1.29 is 4.39 Å². The molecule has 0 bridgehead atoms. The molecule has 1 aromatic heterocycles. The third kappa shape index (κ3) is 1.99. The summed E-state index contributed by atoms with van der Waals surface area (Å²) in [5, 5.41) is 4.06. The maximum absolute atomic E-state index is 13.1. The third-order valence-electron chi connectivity index (χ3n) is 1.92. The number of aryl methyl sites for hydroxylation is 1. The van der Waals surface area contributed by atoms with Crippen molar-refractivity contribution in [1.82, 2.24) is 14.8 Å². The normalized spacial score (nSPS) is 10.6. The van der Waals surface area contributed by atoms with E-state index >= 15 is 0 Å². The Morgan fingerprint density at radius 2 is 2.13 bits per heavy atom. The van der Waals surface area contributed by atoms with E-state index in [0.29, 0.717) is 21.8 Å². The Labute approximate surface area is 94.1 Å². The molecule has 0 saturated carbocycles. The number of benzene rings is 1. The minimum atomic E-state index is -0.342. The van der Waals surface area contributed by atoms with Gasteiger partial charge in [-0.05, 0) is 18.2 Å². The average Bonchev–Trinajstić information content (AvgIpc) is 2.45. The Hall–Kier alpha value is -1.43. The average molecular weight is 271 g/mol. The first-order valence-electron chi connectivity index (χ1n) is 4.19. The van der Waals surface area contributed by atoms with E-state index in [0.717, 1.165) is 0 Å². The third-order valence-corrected chi connectivity index (χ3v) is 2.38. The lowest BCUT2D eigenvalue weighted by molar-refractivity contribution is 0.627. The molecule has 0 aliphatic heterocycles. The fraction of sp³-hybridized carbons (Fsp3) is 0.111. The molecule has 0 unspecified atom stereocenters. The van der Waals surface area contributed by atoms with E-state index in [1.807, 2.05) is 0 Å². The minimum Gasteiger partial charge on any atom is -0.368 e. The van der Waals surface area contributed by atoms with Crippen molar-refractivity contribution in [2.24, 2.45) is 7.05 Å². The van der Waals surface area contributed by atoms with Crippen molar-refractivity contribution in [3.63, 3.8) is 0 Å². The van der Waals surface area contributed by atoms with Crippen molar-refractivity contribution >= 4 is 21.9 Å².